The van der Waals surface area contributed by atoms with Crippen LogP contribution in [0.15, 0.2) is 0 Å². The summed E-state index contributed by atoms with van der Waals surface area (Å²) in [5, 5.41) is 0. The molecule has 11 heavy (non-hydrogen) atoms. The van der Waals surface area contributed by atoms with Crippen LogP contribution in [0.5, 0.6) is 0 Å². The van der Waals surface area contributed by atoms with Crippen molar-refractivity contribution in [3.05, 3.63) is 0 Å². The molecule has 4 nitrogen and oxygen atoms in total. The van der Waals surface area contributed by atoms with Crippen LogP contribution in [0.25, 0.3) is 0 Å². The predicted molar refractivity (Wildman–Crippen MR) is 44.9 cm³/mol. The molecule has 0 aromatic carbocycles. The van der Waals surface area contributed by atoms with E-state index in [-0.39, 0.29) is 6.29 Å². The molecule has 1 rings (SSSR count). The van der Waals surface area contributed by atoms with Crippen molar-refractivity contribution in [2.24, 2.45) is 5.50 Å². The van der Waals surface area contributed by atoms with Gasteiger partial charge in [0.25, 0.3) is 0 Å². The number of hydrogen-bond acceptors (Lipinski definition) is 3. The van der Waals surface area contributed by atoms with Crippen LogP contribution >= 0.6 is 17.9 Å². The van der Waals surface area contributed by atoms with Gasteiger partial charge in [0.2, 0.25) is 6.65 Å². The predicted octanol–water partition coefficient (Wildman–Crippen LogP) is 0.667. The van der Waals surface area contributed by atoms with Gasteiger partial charge in [-0.2, -0.15) is 0 Å². The lowest BCUT2D eigenvalue weighted by Crippen LogP contribution is -2.36. The molecule has 0 bridgehead atoms. The number of hydrogen-bond donors (Lipinski definition) is 1. The molecule has 2 N–H and O–H groups in total. The molecule has 1 aliphatic heterocycles. The van der Waals surface area contributed by atoms with Gasteiger partial charge in [0.1, 0.15) is 0 Å². The van der Waals surface area contributed by atoms with Crippen LogP contribution in [-0.2, 0) is 9.30 Å². The fourth-order valence-corrected chi connectivity index (χ4v) is 2.30. The van der Waals surface area contributed by atoms with E-state index in [2.05, 4.69) is 0 Å². The Bertz CT molecular complexity index is 166. The SMILES string of the molecule is NP(=O)(Cl)CN1CCOCC1. The number of halogens is 1. The van der Waals surface area contributed by atoms with E-state index in [1.807, 2.05) is 4.90 Å². The summed E-state index contributed by atoms with van der Waals surface area (Å²) >= 11 is 5.42. The van der Waals surface area contributed by atoms with E-state index in [1.54, 1.807) is 0 Å². The minimum absolute atomic E-state index is 0.290. The molecule has 66 valence electrons. The van der Waals surface area contributed by atoms with E-state index >= 15 is 0 Å². The number of nitrogens with zero attached hydrogens (tertiary/aromatic N) is 1. The molecule has 0 amide bonds. The second kappa shape index (κ2) is 3.87. The highest BCUT2D eigenvalue weighted by Crippen LogP contribution is 2.42. The summed E-state index contributed by atoms with van der Waals surface area (Å²) in [5.74, 6) is 0. The Hall–Kier alpha value is 0.400. The largest absolute Gasteiger partial charge is 0.379 e. The van der Waals surface area contributed by atoms with Gasteiger partial charge in [0.15, 0.2) is 0 Å². The van der Waals surface area contributed by atoms with Gasteiger partial charge in [0, 0.05) is 13.1 Å². The molecule has 1 fully saturated rings. The first-order valence-electron chi connectivity index (χ1n) is 3.45. The third-order valence-corrected chi connectivity index (χ3v) is 2.60. The molecule has 1 saturated heterocycles. The van der Waals surface area contributed by atoms with Gasteiger partial charge in [0.05, 0.1) is 19.5 Å². The van der Waals surface area contributed by atoms with Crippen molar-refractivity contribution in [3.8, 4) is 0 Å². The van der Waals surface area contributed by atoms with Crippen molar-refractivity contribution in [1.82, 2.24) is 4.90 Å². The molecule has 6 heteroatoms. The maximum absolute atomic E-state index is 10.9. The molecule has 0 radical (unpaired) electrons. The molecule has 1 aliphatic rings. The number of nitrogens with two attached hydrogens (primary N) is 1. The van der Waals surface area contributed by atoms with E-state index < -0.39 is 6.65 Å². The van der Waals surface area contributed by atoms with Crippen molar-refractivity contribution in [3.63, 3.8) is 0 Å². The van der Waals surface area contributed by atoms with Crippen molar-refractivity contribution < 1.29 is 9.30 Å². The smallest absolute Gasteiger partial charge is 0.243 e. The molecule has 0 saturated carbocycles. The normalized spacial score (nSPS) is 26.4. The van der Waals surface area contributed by atoms with E-state index in [1.165, 1.54) is 0 Å². The van der Waals surface area contributed by atoms with E-state index in [0.29, 0.717) is 13.2 Å². The highest BCUT2D eigenvalue weighted by molar-refractivity contribution is 7.87. The first-order chi connectivity index (χ1) is 5.08. The zero-order valence-corrected chi connectivity index (χ0v) is 7.85. The van der Waals surface area contributed by atoms with Crippen molar-refractivity contribution in [1.29, 1.82) is 0 Å². The Morgan fingerprint density at radius 3 is 2.55 bits per heavy atom. The summed E-state index contributed by atoms with van der Waals surface area (Å²) in [5.41, 5.74) is 5.20. The first-order valence-corrected chi connectivity index (χ1v) is 6.32. The average molecular weight is 199 g/mol. The fourth-order valence-electron chi connectivity index (χ4n) is 1.02. The van der Waals surface area contributed by atoms with E-state index in [9.17, 15) is 4.57 Å². The van der Waals surface area contributed by atoms with Gasteiger partial charge in [-0.25, -0.2) is 0 Å². The first kappa shape index (κ1) is 9.49. The van der Waals surface area contributed by atoms with Gasteiger partial charge in [-0.15, -0.1) is 0 Å². The molecule has 1 unspecified atom stereocenters. The van der Waals surface area contributed by atoms with Gasteiger partial charge >= 0.3 is 0 Å². The minimum Gasteiger partial charge on any atom is -0.379 e. The maximum Gasteiger partial charge on any atom is 0.243 e. The topological polar surface area (TPSA) is 55.6 Å². The van der Waals surface area contributed by atoms with E-state index in [0.717, 1.165) is 13.1 Å². The summed E-state index contributed by atoms with van der Waals surface area (Å²) in [6.45, 7) is 0.00682. The zero-order chi connectivity index (χ0) is 8.32. The van der Waals surface area contributed by atoms with Gasteiger partial charge < -0.3 is 4.74 Å². The molecule has 1 atom stereocenters. The minimum atomic E-state index is -2.89. The van der Waals surface area contributed by atoms with Gasteiger partial charge in [-0.1, -0.05) is 0 Å². The Morgan fingerprint density at radius 1 is 1.55 bits per heavy atom. The number of morpholine rings is 1. The Morgan fingerprint density at radius 2 is 2.09 bits per heavy atom. The van der Waals surface area contributed by atoms with Crippen molar-refractivity contribution >= 4 is 17.9 Å². The summed E-state index contributed by atoms with van der Waals surface area (Å²) in [4.78, 5) is 1.96. The highest BCUT2D eigenvalue weighted by atomic mass is 35.7. The van der Waals surface area contributed by atoms with Crippen molar-refractivity contribution in [2.75, 3.05) is 32.6 Å². The van der Waals surface area contributed by atoms with Crippen LogP contribution in [0, 0.1) is 0 Å². The molecular formula is C5H12ClN2O2P. The quantitative estimate of drug-likeness (QED) is 0.663. The second-order valence-electron chi connectivity index (χ2n) is 2.58. The zero-order valence-electron chi connectivity index (χ0n) is 6.20. The average Bonchev–Trinajstić information content (AvgIpc) is 1.85. The van der Waals surface area contributed by atoms with Crippen LogP contribution < -0.4 is 5.50 Å². The summed E-state index contributed by atoms with van der Waals surface area (Å²) < 4.78 is 16.0. The fraction of sp³-hybridized carbons (Fsp3) is 1.00. The molecular weight excluding hydrogens is 186 g/mol. The maximum atomic E-state index is 10.9. The van der Waals surface area contributed by atoms with Crippen molar-refractivity contribution in [2.45, 2.75) is 0 Å². The van der Waals surface area contributed by atoms with Crippen LogP contribution in [0.2, 0.25) is 0 Å². The van der Waals surface area contributed by atoms with Gasteiger partial charge in [-0.05, 0) is 11.2 Å². The summed E-state index contributed by atoms with van der Waals surface area (Å²) in [6.07, 6.45) is 0.290. The molecule has 0 aliphatic carbocycles. The molecule has 0 aromatic rings. The third-order valence-electron chi connectivity index (χ3n) is 1.50. The van der Waals surface area contributed by atoms with Crippen LogP contribution in [0.1, 0.15) is 0 Å². The molecule has 0 spiro atoms. The molecule has 0 aromatic heterocycles. The van der Waals surface area contributed by atoms with E-state index in [4.69, 9.17) is 21.5 Å². The standard InChI is InChI=1S/C5H12ClN2O2P/c6-11(7,9)5-8-1-3-10-4-2-8/h1-5H2,(H2,7,9). The van der Waals surface area contributed by atoms with Crippen LogP contribution in [-0.4, -0.2) is 37.5 Å². The van der Waals surface area contributed by atoms with Crippen LogP contribution in [0.4, 0.5) is 0 Å². The van der Waals surface area contributed by atoms with Crippen LogP contribution in [0.3, 0.4) is 0 Å². The lowest BCUT2D eigenvalue weighted by atomic mass is 10.5. The monoisotopic (exact) mass is 198 g/mol. The Kier molecular flexibility index (Phi) is 3.34. The third kappa shape index (κ3) is 4.09. The number of ether oxygens (including phenoxy) is 1. The Labute approximate surface area is 70.8 Å². The summed E-state index contributed by atoms with van der Waals surface area (Å²) in [7, 11) is 0. The lowest BCUT2D eigenvalue weighted by Gasteiger charge is -2.26. The van der Waals surface area contributed by atoms with Gasteiger partial charge in [-0.3, -0.25) is 15.0 Å². The Balaban J connectivity index is 2.30. The summed E-state index contributed by atoms with van der Waals surface area (Å²) in [6, 6.07) is 0. The number of rotatable bonds is 2. The lowest BCUT2D eigenvalue weighted by molar-refractivity contribution is 0.0464. The second-order valence-corrected chi connectivity index (χ2v) is 5.98. The highest BCUT2D eigenvalue weighted by Gasteiger charge is 2.18. The molecule has 1 heterocycles.